The standard InChI is InChI=1S/C19H18ClN3O5S/c1-13-17(18(20)23(22-13)14-5-3-2-4-6-14)19(24)28-12-11-27-15-7-9-16(10-8-15)29(21,25)26/h2-10H,11-12H2,1H3,(H2,21,25,26). The molecule has 2 N–H and O–H groups in total. The third kappa shape index (κ3) is 4.94. The Labute approximate surface area is 172 Å². The summed E-state index contributed by atoms with van der Waals surface area (Å²) < 4.78 is 34.6. The number of ether oxygens (including phenoxy) is 2. The predicted molar refractivity (Wildman–Crippen MR) is 107 cm³/mol. The fraction of sp³-hybridized carbons (Fsp3) is 0.158. The van der Waals surface area contributed by atoms with Crippen LogP contribution in [0.25, 0.3) is 5.69 Å². The van der Waals surface area contributed by atoms with Gasteiger partial charge in [0.05, 0.1) is 16.3 Å². The highest BCUT2D eigenvalue weighted by molar-refractivity contribution is 7.89. The number of hydrogen-bond donors (Lipinski definition) is 1. The Morgan fingerprint density at radius 3 is 2.38 bits per heavy atom. The number of esters is 1. The maximum Gasteiger partial charge on any atom is 0.343 e. The van der Waals surface area contributed by atoms with Crippen molar-refractivity contribution in [2.24, 2.45) is 5.14 Å². The molecule has 152 valence electrons. The number of aryl methyl sites for hydroxylation is 1. The highest BCUT2D eigenvalue weighted by Crippen LogP contribution is 2.24. The van der Waals surface area contributed by atoms with Crippen LogP contribution in [0.3, 0.4) is 0 Å². The van der Waals surface area contributed by atoms with Crippen molar-refractivity contribution in [1.82, 2.24) is 9.78 Å². The van der Waals surface area contributed by atoms with E-state index in [0.717, 1.165) is 5.69 Å². The second-order valence-electron chi connectivity index (χ2n) is 6.00. The first-order chi connectivity index (χ1) is 13.8. The van der Waals surface area contributed by atoms with Crippen LogP contribution < -0.4 is 9.88 Å². The Kier molecular flexibility index (Phi) is 6.21. The summed E-state index contributed by atoms with van der Waals surface area (Å²) in [5.41, 5.74) is 1.36. The van der Waals surface area contributed by atoms with Gasteiger partial charge in [0.1, 0.15) is 29.7 Å². The van der Waals surface area contributed by atoms with Gasteiger partial charge in [0.25, 0.3) is 0 Å². The molecule has 0 fully saturated rings. The number of aromatic nitrogens is 2. The van der Waals surface area contributed by atoms with Gasteiger partial charge in [0, 0.05) is 0 Å². The van der Waals surface area contributed by atoms with E-state index in [-0.39, 0.29) is 28.8 Å². The Bertz CT molecular complexity index is 1110. The minimum atomic E-state index is -3.76. The van der Waals surface area contributed by atoms with Gasteiger partial charge in [0.2, 0.25) is 10.0 Å². The molecule has 3 aromatic rings. The van der Waals surface area contributed by atoms with Crippen molar-refractivity contribution >= 4 is 27.6 Å². The SMILES string of the molecule is Cc1nn(-c2ccccc2)c(Cl)c1C(=O)OCCOc1ccc(S(N)(=O)=O)cc1. The van der Waals surface area contributed by atoms with E-state index in [0.29, 0.717) is 11.4 Å². The quantitative estimate of drug-likeness (QED) is 0.451. The maximum atomic E-state index is 12.4. The average Bonchev–Trinajstić information content (AvgIpc) is 2.99. The van der Waals surface area contributed by atoms with E-state index in [4.69, 9.17) is 26.2 Å². The van der Waals surface area contributed by atoms with Gasteiger partial charge >= 0.3 is 5.97 Å². The van der Waals surface area contributed by atoms with Gasteiger partial charge in [-0.3, -0.25) is 0 Å². The number of carbonyl (C=O) groups excluding carboxylic acids is 1. The summed E-state index contributed by atoms with van der Waals surface area (Å²) in [4.78, 5) is 12.4. The molecule has 0 saturated carbocycles. The van der Waals surface area contributed by atoms with Crippen LogP contribution in [0.4, 0.5) is 0 Å². The van der Waals surface area contributed by atoms with Crippen LogP contribution in [-0.4, -0.2) is 37.4 Å². The molecule has 0 aliphatic carbocycles. The summed E-state index contributed by atoms with van der Waals surface area (Å²) in [6.45, 7) is 1.72. The molecule has 29 heavy (non-hydrogen) atoms. The molecule has 8 nitrogen and oxygen atoms in total. The molecule has 0 radical (unpaired) electrons. The predicted octanol–water partition coefficient (Wildman–Crippen LogP) is 2.72. The first-order valence-corrected chi connectivity index (χ1v) is 10.4. The number of carbonyl (C=O) groups is 1. The zero-order chi connectivity index (χ0) is 21.0. The fourth-order valence-electron chi connectivity index (χ4n) is 2.56. The molecular weight excluding hydrogens is 418 g/mol. The molecule has 0 aliphatic heterocycles. The number of nitrogens with two attached hydrogens (primary N) is 1. The fourth-order valence-corrected chi connectivity index (χ4v) is 3.43. The van der Waals surface area contributed by atoms with Gasteiger partial charge < -0.3 is 9.47 Å². The third-order valence-electron chi connectivity index (χ3n) is 3.95. The number of hydrogen-bond acceptors (Lipinski definition) is 6. The second kappa shape index (κ2) is 8.64. The second-order valence-corrected chi connectivity index (χ2v) is 7.92. The van der Waals surface area contributed by atoms with Crippen molar-refractivity contribution in [2.45, 2.75) is 11.8 Å². The number of para-hydroxylation sites is 1. The monoisotopic (exact) mass is 435 g/mol. The number of sulfonamides is 1. The third-order valence-corrected chi connectivity index (χ3v) is 5.22. The molecule has 0 amide bonds. The smallest absolute Gasteiger partial charge is 0.343 e. The van der Waals surface area contributed by atoms with E-state index in [1.54, 1.807) is 6.92 Å². The topological polar surface area (TPSA) is 114 Å². The van der Waals surface area contributed by atoms with Crippen LogP contribution >= 0.6 is 11.6 Å². The number of benzene rings is 2. The molecule has 0 atom stereocenters. The van der Waals surface area contributed by atoms with E-state index < -0.39 is 16.0 Å². The lowest BCUT2D eigenvalue weighted by atomic mass is 10.2. The van der Waals surface area contributed by atoms with Gasteiger partial charge in [-0.25, -0.2) is 23.0 Å². The summed E-state index contributed by atoms with van der Waals surface area (Å²) in [6, 6.07) is 14.8. The Morgan fingerprint density at radius 2 is 1.76 bits per heavy atom. The van der Waals surface area contributed by atoms with Crippen LogP contribution in [0.5, 0.6) is 5.75 Å². The summed E-state index contributed by atoms with van der Waals surface area (Å²) >= 11 is 6.33. The minimum absolute atomic E-state index is 0.0168. The lowest BCUT2D eigenvalue weighted by molar-refractivity contribution is 0.0449. The summed E-state index contributed by atoms with van der Waals surface area (Å²) in [5.74, 6) is -0.192. The van der Waals surface area contributed by atoms with Crippen molar-refractivity contribution in [1.29, 1.82) is 0 Å². The summed E-state index contributed by atoms with van der Waals surface area (Å²) in [7, 11) is -3.76. The molecular formula is C19H18ClN3O5S. The zero-order valence-electron chi connectivity index (χ0n) is 15.4. The molecule has 1 aromatic heterocycles. The van der Waals surface area contributed by atoms with Gasteiger partial charge in [-0.2, -0.15) is 5.10 Å². The van der Waals surface area contributed by atoms with Crippen molar-refractivity contribution in [3.05, 3.63) is 71.0 Å². The van der Waals surface area contributed by atoms with E-state index in [9.17, 15) is 13.2 Å². The van der Waals surface area contributed by atoms with E-state index in [2.05, 4.69) is 5.10 Å². The summed E-state index contributed by atoms with van der Waals surface area (Å²) in [5, 5.41) is 9.50. The van der Waals surface area contributed by atoms with Gasteiger partial charge in [-0.05, 0) is 43.3 Å². The van der Waals surface area contributed by atoms with E-state index in [1.165, 1.54) is 28.9 Å². The highest BCUT2D eigenvalue weighted by atomic mass is 35.5. The first-order valence-electron chi connectivity index (χ1n) is 8.50. The van der Waals surface area contributed by atoms with E-state index in [1.807, 2.05) is 30.3 Å². The Morgan fingerprint density at radius 1 is 1.10 bits per heavy atom. The lowest BCUT2D eigenvalue weighted by Crippen LogP contribution is -2.14. The molecule has 0 saturated heterocycles. The minimum Gasteiger partial charge on any atom is -0.490 e. The number of halogens is 1. The molecule has 2 aromatic carbocycles. The molecule has 1 heterocycles. The molecule has 0 unspecified atom stereocenters. The van der Waals surface area contributed by atoms with Crippen molar-refractivity contribution in [3.63, 3.8) is 0 Å². The highest BCUT2D eigenvalue weighted by Gasteiger charge is 2.22. The van der Waals surface area contributed by atoms with Crippen LogP contribution in [0, 0.1) is 6.92 Å². The maximum absolute atomic E-state index is 12.4. The molecule has 10 heteroatoms. The van der Waals surface area contributed by atoms with Crippen LogP contribution in [0.1, 0.15) is 16.1 Å². The van der Waals surface area contributed by atoms with Crippen LogP contribution in [0.15, 0.2) is 59.5 Å². The van der Waals surface area contributed by atoms with Crippen molar-refractivity contribution < 1.29 is 22.7 Å². The van der Waals surface area contributed by atoms with Crippen LogP contribution in [0.2, 0.25) is 5.15 Å². The molecule has 3 rings (SSSR count). The number of nitrogens with zero attached hydrogens (tertiary/aromatic N) is 2. The van der Waals surface area contributed by atoms with Gasteiger partial charge in [0.15, 0.2) is 0 Å². The van der Waals surface area contributed by atoms with Gasteiger partial charge in [-0.1, -0.05) is 29.8 Å². The zero-order valence-corrected chi connectivity index (χ0v) is 17.0. The summed E-state index contributed by atoms with van der Waals surface area (Å²) in [6.07, 6.45) is 0. The van der Waals surface area contributed by atoms with Crippen molar-refractivity contribution in [2.75, 3.05) is 13.2 Å². The van der Waals surface area contributed by atoms with Crippen LogP contribution in [-0.2, 0) is 14.8 Å². The van der Waals surface area contributed by atoms with Gasteiger partial charge in [-0.15, -0.1) is 0 Å². The normalized spacial score (nSPS) is 11.3. The first kappa shape index (κ1) is 20.8. The Balaban J connectivity index is 1.58. The lowest BCUT2D eigenvalue weighted by Gasteiger charge is -2.08. The largest absolute Gasteiger partial charge is 0.490 e. The average molecular weight is 436 g/mol. The Hall–Kier alpha value is -2.88. The number of rotatable bonds is 7. The molecule has 0 bridgehead atoms. The number of primary sulfonamides is 1. The van der Waals surface area contributed by atoms with Crippen molar-refractivity contribution in [3.8, 4) is 11.4 Å². The van der Waals surface area contributed by atoms with E-state index >= 15 is 0 Å². The molecule has 0 spiro atoms. The molecule has 0 aliphatic rings.